The van der Waals surface area contributed by atoms with Crippen molar-refractivity contribution in [3.8, 4) is 0 Å². The van der Waals surface area contributed by atoms with Gasteiger partial charge in [-0.1, -0.05) is 30.3 Å². The first kappa shape index (κ1) is 18.7. The van der Waals surface area contributed by atoms with Crippen molar-refractivity contribution in [2.75, 3.05) is 17.3 Å². The van der Waals surface area contributed by atoms with E-state index in [1.165, 1.54) is 18.7 Å². The van der Waals surface area contributed by atoms with Crippen LogP contribution in [0.1, 0.15) is 15.9 Å². The van der Waals surface area contributed by atoms with E-state index in [0.717, 1.165) is 5.56 Å². The Labute approximate surface area is 160 Å². The Morgan fingerprint density at radius 2 is 1.86 bits per heavy atom. The third kappa shape index (κ3) is 4.75. The number of benzene rings is 1. The number of hydrogen-bond donors (Lipinski definition) is 3. The first-order chi connectivity index (χ1) is 13.6. The average Bonchev–Trinajstić information content (AvgIpc) is 2.73. The van der Waals surface area contributed by atoms with Crippen LogP contribution >= 0.6 is 0 Å². The summed E-state index contributed by atoms with van der Waals surface area (Å²) in [6, 6.07) is 12.9. The van der Waals surface area contributed by atoms with E-state index in [0.29, 0.717) is 18.5 Å². The lowest BCUT2D eigenvalue weighted by molar-refractivity contribution is -0.383. The number of aromatic nitrogens is 3. The van der Waals surface area contributed by atoms with Crippen LogP contribution in [0.5, 0.6) is 0 Å². The lowest BCUT2D eigenvalue weighted by atomic mass is 10.1. The Morgan fingerprint density at radius 1 is 1.07 bits per heavy atom. The molecule has 10 nitrogen and oxygen atoms in total. The van der Waals surface area contributed by atoms with Gasteiger partial charge in [0.25, 0.3) is 5.91 Å². The van der Waals surface area contributed by atoms with Crippen molar-refractivity contribution in [1.29, 1.82) is 0 Å². The Kier molecular flexibility index (Phi) is 6.03. The molecule has 0 saturated carbocycles. The third-order valence-electron chi connectivity index (χ3n) is 3.77. The molecule has 0 saturated heterocycles. The van der Waals surface area contributed by atoms with Gasteiger partial charge in [-0.2, -0.15) is 0 Å². The van der Waals surface area contributed by atoms with Gasteiger partial charge in [0.15, 0.2) is 0 Å². The van der Waals surface area contributed by atoms with Crippen LogP contribution in [0.3, 0.4) is 0 Å². The number of nitrogens with zero attached hydrogens (tertiary/aromatic N) is 4. The summed E-state index contributed by atoms with van der Waals surface area (Å²) in [5.74, 6) is -0.562. The summed E-state index contributed by atoms with van der Waals surface area (Å²) in [6.45, 7) is 0.448. The maximum Gasteiger partial charge on any atom is 0.354 e. The van der Waals surface area contributed by atoms with Gasteiger partial charge < -0.3 is 5.32 Å². The molecule has 0 spiro atoms. The van der Waals surface area contributed by atoms with Crippen molar-refractivity contribution in [3.05, 3.63) is 82.4 Å². The number of hydrazine groups is 1. The molecule has 28 heavy (non-hydrogen) atoms. The number of carbonyl (C=O) groups excluding carboxylic acids is 1. The highest BCUT2D eigenvalue weighted by atomic mass is 16.6. The number of anilines is 2. The molecule has 2 aromatic heterocycles. The minimum Gasteiger partial charge on any atom is -0.364 e. The predicted octanol–water partition coefficient (Wildman–Crippen LogP) is 2.19. The number of amides is 1. The van der Waals surface area contributed by atoms with Crippen LogP contribution in [0.15, 0.2) is 61.2 Å². The highest BCUT2D eigenvalue weighted by molar-refractivity contribution is 5.94. The predicted molar refractivity (Wildman–Crippen MR) is 103 cm³/mol. The summed E-state index contributed by atoms with van der Waals surface area (Å²) in [5, 5.41) is 14.5. The van der Waals surface area contributed by atoms with Crippen LogP contribution in [0, 0.1) is 10.1 Å². The Hall–Kier alpha value is -4.08. The van der Waals surface area contributed by atoms with Crippen LogP contribution in [-0.2, 0) is 6.42 Å². The number of pyridine rings is 1. The number of nitrogens with one attached hydrogen (secondary N) is 3. The molecule has 1 aromatic carbocycles. The normalized spacial score (nSPS) is 10.1. The van der Waals surface area contributed by atoms with E-state index in [4.69, 9.17) is 0 Å². The molecule has 10 heteroatoms. The summed E-state index contributed by atoms with van der Waals surface area (Å²) >= 11 is 0. The Bertz CT molecular complexity index is 952. The molecular weight excluding hydrogens is 362 g/mol. The second-order valence-corrected chi connectivity index (χ2v) is 5.66. The van der Waals surface area contributed by atoms with Crippen molar-refractivity contribution in [2.45, 2.75) is 6.42 Å². The SMILES string of the molecule is O=C(NNc1ncnc(NCCc2ccccc2)c1[N+](=O)[O-])c1cccnc1. The number of rotatable bonds is 8. The molecule has 0 aliphatic carbocycles. The number of carbonyl (C=O) groups is 1. The monoisotopic (exact) mass is 379 g/mol. The maximum atomic E-state index is 12.1. The van der Waals surface area contributed by atoms with Gasteiger partial charge in [-0.25, -0.2) is 9.97 Å². The third-order valence-corrected chi connectivity index (χ3v) is 3.77. The first-order valence-electron chi connectivity index (χ1n) is 8.38. The van der Waals surface area contributed by atoms with E-state index in [9.17, 15) is 14.9 Å². The molecule has 1 amide bonds. The van der Waals surface area contributed by atoms with Crippen LogP contribution < -0.4 is 16.2 Å². The Morgan fingerprint density at radius 3 is 2.57 bits per heavy atom. The van der Waals surface area contributed by atoms with Crippen LogP contribution in [0.25, 0.3) is 0 Å². The van der Waals surface area contributed by atoms with Gasteiger partial charge >= 0.3 is 5.69 Å². The van der Waals surface area contributed by atoms with Gasteiger partial charge in [-0.05, 0) is 24.1 Å². The minimum atomic E-state index is -0.608. The summed E-state index contributed by atoms with van der Waals surface area (Å²) in [5.41, 5.74) is 5.88. The highest BCUT2D eigenvalue weighted by Crippen LogP contribution is 2.28. The molecule has 142 valence electrons. The second-order valence-electron chi connectivity index (χ2n) is 5.66. The summed E-state index contributed by atoms with van der Waals surface area (Å²) in [6.07, 6.45) is 4.76. The lowest BCUT2D eigenvalue weighted by Crippen LogP contribution is -2.30. The van der Waals surface area contributed by atoms with Gasteiger partial charge in [0, 0.05) is 18.9 Å². The summed E-state index contributed by atoms with van der Waals surface area (Å²) < 4.78 is 0. The minimum absolute atomic E-state index is 0.0639. The molecule has 0 radical (unpaired) electrons. The second kappa shape index (κ2) is 9.03. The van der Waals surface area contributed by atoms with Crippen LogP contribution in [0.4, 0.5) is 17.3 Å². The van der Waals surface area contributed by atoms with E-state index in [1.807, 2.05) is 30.3 Å². The van der Waals surface area contributed by atoms with Crippen molar-refractivity contribution in [1.82, 2.24) is 20.4 Å². The van der Waals surface area contributed by atoms with E-state index in [2.05, 4.69) is 31.1 Å². The molecule has 3 N–H and O–H groups in total. The molecule has 0 aliphatic heterocycles. The number of nitro groups is 1. The smallest absolute Gasteiger partial charge is 0.354 e. The maximum absolute atomic E-state index is 12.1. The zero-order valence-electron chi connectivity index (χ0n) is 14.7. The van der Waals surface area contributed by atoms with E-state index < -0.39 is 10.8 Å². The van der Waals surface area contributed by atoms with Crippen LogP contribution in [-0.4, -0.2) is 32.3 Å². The van der Waals surface area contributed by atoms with E-state index >= 15 is 0 Å². The van der Waals surface area contributed by atoms with Crippen molar-refractivity contribution in [3.63, 3.8) is 0 Å². The molecule has 3 aromatic rings. The van der Waals surface area contributed by atoms with Crippen molar-refractivity contribution >= 4 is 23.2 Å². The fraction of sp³-hybridized carbons (Fsp3) is 0.111. The topological polar surface area (TPSA) is 135 Å². The van der Waals surface area contributed by atoms with Gasteiger partial charge in [0.1, 0.15) is 6.33 Å². The van der Waals surface area contributed by atoms with Gasteiger partial charge in [-0.3, -0.25) is 30.7 Å². The summed E-state index contributed by atoms with van der Waals surface area (Å²) in [7, 11) is 0. The quantitative estimate of drug-likeness (QED) is 0.400. The largest absolute Gasteiger partial charge is 0.364 e. The molecule has 2 heterocycles. The fourth-order valence-electron chi connectivity index (χ4n) is 2.43. The zero-order chi connectivity index (χ0) is 19.8. The van der Waals surface area contributed by atoms with Gasteiger partial charge in [0.2, 0.25) is 11.6 Å². The Balaban J connectivity index is 1.68. The van der Waals surface area contributed by atoms with Crippen LogP contribution in [0.2, 0.25) is 0 Å². The number of hydrogen-bond acceptors (Lipinski definition) is 8. The lowest BCUT2D eigenvalue weighted by Gasteiger charge is -2.11. The molecule has 0 bridgehead atoms. The fourth-order valence-corrected chi connectivity index (χ4v) is 2.43. The van der Waals surface area contributed by atoms with Crippen molar-refractivity contribution < 1.29 is 9.72 Å². The van der Waals surface area contributed by atoms with Gasteiger partial charge in [0.05, 0.1) is 10.5 Å². The molecule has 0 aliphatic rings. The molecule has 0 unspecified atom stereocenters. The zero-order valence-corrected chi connectivity index (χ0v) is 14.7. The first-order valence-corrected chi connectivity index (χ1v) is 8.38. The average molecular weight is 379 g/mol. The standard InChI is InChI=1S/C18H17N7O3/c26-18(14-7-4-9-19-11-14)24-23-17-15(25(27)28)16(21-12-22-17)20-10-8-13-5-2-1-3-6-13/h1-7,9,11-12H,8,10H2,(H,24,26)(H2,20,21,22,23). The van der Waals surface area contributed by atoms with E-state index in [1.54, 1.807) is 12.1 Å². The van der Waals surface area contributed by atoms with E-state index in [-0.39, 0.29) is 17.3 Å². The van der Waals surface area contributed by atoms with Crippen molar-refractivity contribution in [2.24, 2.45) is 0 Å². The molecule has 0 atom stereocenters. The molecular formula is C18H17N7O3. The highest BCUT2D eigenvalue weighted by Gasteiger charge is 2.23. The molecule has 3 rings (SSSR count). The van der Waals surface area contributed by atoms with Gasteiger partial charge in [-0.15, -0.1) is 0 Å². The molecule has 0 fully saturated rings. The summed E-state index contributed by atoms with van der Waals surface area (Å²) in [4.78, 5) is 34.6.